The van der Waals surface area contributed by atoms with Gasteiger partial charge in [0.2, 0.25) is 11.8 Å². The third-order valence-corrected chi connectivity index (χ3v) is 4.39. The molecule has 0 aromatic heterocycles. The van der Waals surface area contributed by atoms with E-state index in [1.807, 2.05) is 0 Å². The van der Waals surface area contributed by atoms with Gasteiger partial charge in [0.1, 0.15) is 17.8 Å². The van der Waals surface area contributed by atoms with E-state index < -0.39 is 18.7 Å². The molecule has 24 heavy (non-hydrogen) atoms. The Kier molecular flexibility index (Phi) is 4.39. The number of rotatable bonds is 3. The SMILES string of the molecule is COc1ccc(C(=O)N2CCN3C(=O)[C@H](CO)NC(=O)[C@H]3C2)cc1. The maximum Gasteiger partial charge on any atom is 0.254 e. The van der Waals surface area contributed by atoms with Gasteiger partial charge in [0.25, 0.3) is 5.91 Å². The molecule has 2 N–H and O–H groups in total. The molecule has 3 rings (SSSR count). The van der Waals surface area contributed by atoms with Crippen molar-refractivity contribution >= 4 is 17.7 Å². The van der Waals surface area contributed by atoms with Gasteiger partial charge in [0.15, 0.2) is 0 Å². The first-order valence-corrected chi connectivity index (χ1v) is 7.70. The minimum absolute atomic E-state index is 0.139. The van der Waals surface area contributed by atoms with Gasteiger partial charge in [-0.1, -0.05) is 0 Å². The van der Waals surface area contributed by atoms with Crippen molar-refractivity contribution in [2.75, 3.05) is 33.4 Å². The maximum atomic E-state index is 12.6. The topological polar surface area (TPSA) is 99.2 Å². The molecule has 2 aliphatic rings. The average molecular weight is 333 g/mol. The Balaban J connectivity index is 1.73. The zero-order valence-electron chi connectivity index (χ0n) is 13.3. The summed E-state index contributed by atoms with van der Waals surface area (Å²) in [5, 5.41) is 11.7. The monoisotopic (exact) mass is 333 g/mol. The van der Waals surface area contributed by atoms with Crippen molar-refractivity contribution in [3.63, 3.8) is 0 Å². The number of ether oxygens (including phenoxy) is 1. The van der Waals surface area contributed by atoms with E-state index in [4.69, 9.17) is 9.84 Å². The summed E-state index contributed by atoms with van der Waals surface area (Å²) in [5.41, 5.74) is 0.500. The Bertz CT molecular complexity index is 660. The fourth-order valence-corrected chi connectivity index (χ4v) is 3.03. The van der Waals surface area contributed by atoms with Crippen LogP contribution in [0.5, 0.6) is 5.75 Å². The Morgan fingerprint density at radius 2 is 2.00 bits per heavy atom. The van der Waals surface area contributed by atoms with Gasteiger partial charge >= 0.3 is 0 Å². The summed E-state index contributed by atoms with van der Waals surface area (Å²) in [5.74, 6) is -0.190. The Morgan fingerprint density at radius 1 is 1.29 bits per heavy atom. The normalized spacial score (nSPS) is 23.6. The molecule has 0 spiro atoms. The molecular formula is C16H19N3O5. The number of methoxy groups -OCH3 is 1. The Labute approximate surface area is 139 Å². The standard InChI is InChI=1S/C16H19N3O5/c1-24-11-4-2-10(3-5-11)15(22)18-6-7-19-13(8-18)14(21)17-12(9-20)16(19)23/h2-5,12-13,20H,6-9H2,1H3,(H,17,21)/t12-,13+/m0/s1. The van der Waals surface area contributed by atoms with Crippen LogP contribution in [0.3, 0.4) is 0 Å². The number of nitrogens with zero attached hydrogens (tertiary/aromatic N) is 2. The molecule has 128 valence electrons. The predicted molar refractivity (Wildman–Crippen MR) is 83.4 cm³/mol. The molecule has 0 aliphatic carbocycles. The molecule has 8 heteroatoms. The van der Waals surface area contributed by atoms with E-state index >= 15 is 0 Å². The minimum Gasteiger partial charge on any atom is -0.497 e. The summed E-state index contributed by atoms with van der Waals surface area (Å²) in [7, 11) is 1.55. The first-order valence-electron chi connectivity index (χ1n) is 7.70. The van der Waals surface area contributed by atoms with E-state index in [1.165, 1.54) is 4.90 Å². The van der Waals surface area contributed by atoms with Crippen LogP contribution in [0.4, 0.5) is 0 Å². The van der Waals surface area contributed by atoms with Gasteiger partial charge in [-0.05, 0) is 24.3 Å². The average Bonchev–Trinajstić information content (AvgIpc) is 2.63. The maximum absolute atomic E-state index is 12.6. The third kappa shape index (κ3) is 2.80. The number of amides is 3. The van der Waals surface area contributed by atoms with Gasteiger partial charge in [0.05, 0.1) is 20.3 Å². The smallest absolute Gasteiger partial charge is 0.254 e. The lowest BCUT2D eigenvalue weighted by molar-refractivity contribution is -0.153. The fourth-order valence-electron chi connectivity index (χ4n) is 3.03. The zero-order valence-corrected chi connectivity index (χ0v) is 13.3. The molecule has 3 amide bonds. The highest BCUT2D eigenvalue weighted by molar-refractivity contribution is 5.99. The van der Waals surface area contributed by atoms with Crippen molar-refractivity contribution in [1.82, 2.24) is 15.1 Å². The van der Waals surface area contributed by atoms with E-state index in [-0.39, 0.29) is 30.8 Å². The van der Waals surface area contributed by atoms with Crippen LogP contribution in [0.25, 0.3) is 0 Å². The van der Waals surface area contributed by atoms with Crippen molar-refractivity contribution < 1.29 is 24.2 Å². The number of piperazine rings is 2. The number of nitrogens with one attached hydrogen (secondary N) is 1. The number of hydrogen-bond donors (Lipinski definition) is 2. The van der Waals surface area contributed by atoms with Gasteiger partial charge in [0, 0.05) is 18.7 Å². The molecule has 2 fully saturated rings. The molecule has 0 radical (unpaired) electrons. The van der Waals surface area contributed by atoms with E-state index in [9.17, 15) is 14.4 Å². The minimum atomic E-state index is -0.891. The second kappa shape index (κ2) is 6.48. The Hall–Kier alpha value is -2.61. The van der Waals surface area contributed by atoms with Gasteiger partial charge in [-0.2, -0.15) is 0 Å². The number of carbonyl (C=O) groups is 3. The van der Waals surface area contributed by atoms with Crippen LogP contribution < -0.4 is 10.1 Å². The second-order valence-corrected chi connectivity index (χ2v) is 5.77. The van der Waals surface area contributed by atoms with Crippen LogP contribution in [-0.2, 0) is 9.59 Å². The first-order chi connectivity index (χ1) is 11.5. The summed E-state index contributed by atoms with van der Waals surface area (Å²) in [4.78, 5) is 39.9. The number of fused-ring (bicyclic) bond motifs is 1. The molecule has 2 atom stereocenters. The molecule has 8 nitrogen and oxygen atoms in total. The van der Waals surface area contributed by atoms with Crippen molar-refractivity contribution in [2.24, 2.45) is 0 Å². The molecular weight excluding hydrogens is 314 g/mol. The summed E-state index contributed by atoms with van der Waals surface area (Å²) in [6.45, 7) is 0.330. The van der Waals surface area contributed by atoms with E-state index in [0.29, 0.717) is 17.9 Å². The third-order valence-electron chi connectivity index (χ3n) is 4.39. The fraction of sp³-hybridized carbons (Fsp3) is 0.438. The zero-order chi connectivity index (χ0) is 17.3. The highest BCUT2D eigenvalue weighted by atomic mass is 16.5. The highest BCUT2D eigenvalue weighted by Crippen LogP contribution is 2.19. The van der Waals surface area contributed by atoms with Crippen LogP contribution in [0.2, 0.25) is 0 Å². The summed E-state index contributed by atoms with van der Waals surface area (Å²) < 4.78 is 5.07. The van der Waals surface area contributed by atoms with E-state index in [2.05, 4.69) is 5.32 Å². The summed E-state index contributed by atoms with van der Waals surface area (Å²) in [6, 6.07) is 5.13. The summed E-state index contributed by atoms with van der Waals surface area (Å²) >= 11 is 0. The molecule has 0 unspecified atom stereocenters. The number of aliphatic hydroxyl groups is 1. The second-order valence-electron chi connectivity index (χ2n) is 5.77. The molecule has 1 aromatic carbocycles. The molecule has 2 saturated heterocycles. The molecule has 0 bridgehead atoms. The highest BCUT2D eigenvalue weighted by Gasteiger charge is 2.44. The lowest BCUT2D eigenvalue weighted by atomic mass is 10.0. The quantitative estimate of drug-likeness (QED) is 0.727. The van der Waals surface area contributed by atoms with Gasteiger partial charge in [-0.15, -0.1) is 0 Å². The van der Waals surface area contributed by atoms with Crippen LogP contribution in [0, 0.1) is 0 Å². The van der Waals surface area contributed by atoms with Crippen LogP contribution in [0.15, 0.2) is 24.3 Å². The van der Waals surface area contributed by atoms with Crippen molar-refractivity contribution in [1.29, 1.82) is 0 Å². The number of hydrogen-bond acceptors (Lipinski definition) is 5. The van der Waals surface area contributed by atoms with Crippen LogP contribution in [0.1, 0.15) is 10.4 Å². The van der Waals surface area contributed by atoms with E-state index in [0.717, 1.165) is 0 Å². The summed E-state index contributed by atoms with van der Waals surface area (Å²) in [6.07, 6.45) is 0. The van der Waals surface area contributed by atoms with E-state index in [1.54, 1.807) is 36.3 Å². The number of aliphatic hydroxyl groups excluding tert-OH is 1. The molecule has 2 aliphatic heterocycles. The van der Waals surface area contributed by atoms with Gasteiger partial charge < -0.3 is 25.0 Å². The van der Waals surface area contributed by atoms with Crippen molar-refractivity contribution in [3.05, 3.63) is 29.8 Å². The van der Waals surface area contributed by atoms with Crippen LogP contribution in [-0.4, -0.2) is 78.1 Å². The van der Waals surface area contributed by atoms with Crippen LogP contribution >= 0.6 is 0 Å². The molecule has 0 saturated carbocycles. The Morgan fingerprint density at radius 3 is 2.62 bits per heavy atom. The largest absolute Gasteiger partial charge is 0.497 e. The predicted octanol–water partition coefficient (Wildman–Crippen LogP) is -1.16. The lowest BCUT2D eigenvalue weighted by Crippen LogP contribution is -2.70. The molecule has 1 aromatic rings. The van der Waals surface area contributed by atoms with Crippen molar-refractivity contribution in [2.45, 2.75) is 12.1 Å². The first kappa shape index (κ1) is 16.3. The number of benzene rings is 1. The van der Waals surface area contributed by atoms with Crippen molar-refractivity contribution in [3.8, 4) is 5.75 Å². The van der Waals surface area contributed by atoms with Gasteiger partial charge in [-0.25, -0.2) is 0 Å². The number of carbonyl (C=O) groups excluding carboxylic acids is 3. The lowest BCUT2D eigenvalue weighted by Gasteiger charge is -2.44. The molecule has 2 heterocycles. The van der Waals surface area contributed by atoms with Gasteiger partial charge in [-0.3, -0.25) is 14.4 Å².